The number of rotatable bonds is 7. The van der Waals surface area contributed by atoms with Gasteiger partial charge in [0.1, 0.15) is 18.0 Å². The second-order valence-electron chi connectivity index (χ2n) is 13.0. The van der Waals surface area contributed by atoms with Gasteiger partial charge in [-0.25, -0.2) is 0 Å². The minimum atomic E-state index is -0.910. The summed E-state index contributed by atoms with van der Waals surface area (Å²) in [5, 5.41) is 14.7. The molecule has 2 saturated carbocycles. The van der Waals surface area contributed by atoms with E-state index in [1.54, 1.807) is 0 Å². The Kier molecular flexibility index (Phi) is 7.00. The van der Waals surface area contributed by atoms with Crippen molar-refractivity contribution in [3.63, 3.8) is 0 Å². The summed E-state index contributed by atoms with van der Waals surface area (Å²) in [6.07, 6.45) is 6.58. The first-order valence-corrected chi connectivity index (χ1v) is 14.9. The smallest absolute Gasteiger partial charge is 0.307 e. The van der Waals surface area contributed by atoms with Crippen molar-refractivity contribution in [1.29, 1.82) is 0 Å². The van der Waals surface area contributed by atoms with Crippen LogP contribution in [0.2, 0.25) is 5.02 Å². The molecular weight excluding hydrogens is 534 g/mol. The molecule has 6 rings (SSSR count). The van der Waals surface area contributed by atoms with Crippen LogP contribution in [0.3, 0.4) is 0 Å². The summed E-state index contributed by atoms with van der Waals surface area (Å²) in [5.74, 6) is -1.59. The highest BCUT2D eigenvalue weighted by Gasteiger charge is 2.53. The summed E-state index contributed by atoms with van der Waals surface area (Å²) in [7, 11) is 0. The van der Waals surface area contributed by atoms with Crippen LogP contribution in [0.4, 0.5) is 0 Å². The summed E-state index contributed by atoms with van der Waals surface area (Å²) in [4.78, 5) is 48.6. The standard InChI is InChI=1S/C30H38ClN3O6/c1-29(2)13-18(32-40-29)16-39-24-8-7-22(31)21-9-12-34(27(36)19-5-3-4-6-20(19)28(37)38)23(26(21)24)15-33-17-30(10-11-30)14-25(33)35/h7-8,19-20,23H,3-6,9-17H2,1-2H3,(H,37,38). The molecule has 1 aromatic rings. The third kappa shape index (κ3) is 5.17. The van der Waals surface area contributed by atoms with Gasteiger partial charge >= 0.3 is 5.97 Å². The molecule has 40 heavy (non-hydrogen) atoms. The lowest BCUT2D eigenvalue weighted by molar-refractivity contribution is -0.154. The number of ether oxygens (including phenoxy) is 1. The van der Waals surface area contributed by atoms with Gasteiger partial charge in [-0.3, -0.25) is 14.4 Å². The maximum absolute atomic E-state index is 14.2. The molecule has 1 spiro atoms. The summed E-state index contributed by atoms with van der Waals surface area (Å²) < 4.78 is 6.34. The van der Waals surface area contributed by atoms with Gasteiger partial charge in [-0.05, 0) is 69.1 Å². The average Bonchev–Trinajstić information content (AvgIpc) is 3.47. The van der Waals surface area contributed by atoms with E-state index in [9.17, 15) is 19.5 Å². The molecule has 3 fully saturated rings. The van der Waals surface area contributed by atoms with Crippen LogP contribution in [0.5, 0.6) is 5.75 Å². The molecule has 3 atom stereocenters. The maximum Gasteiger partial charge on any atom is 0.307 e. The number of carboxylic acids is 1. The number of carbonyl (C=O) groups excluding carboxylic acids is 2. The first kappa shape index (κ1) is 27.4. The van der Waals surface area contributed by atoms with Crippen LogP contribution in [0, 0.1) is 17.3 Å². The van der Waals surface area contributed by atoms with Crippen molar-refractivity contribution >= 4 is 35.1 Å². The zero-order valence-electron chi connectivity index (χ0n) is 23.3. The van der Waals surface area contributed by atoms with Crippen molar-refractivity contribution in [2.45, 2.75) is 83.3 Å². The van der Waals surface area contributed by atoms with E-state index in [1.165, 1.54) is 0 Å². The molecule has 2 aliphatic carbocycles. The largest absolute Gasteiger partial charge is 0.487 e. The zero-order chi connectivity index (χ0) is 28.2. The molecule has 2 amide bonds. The van der Waals surface area contributed by atoms with Crippen LogP contribution in [-0.2, 0) is 25.6 Å². The van der Waals surface area contributed by atoms with E-state index >= 15 is 0 Å². The second-order valence-corrected chi connectivity index (χ2v) is 13.4. The first-order valence-electron chi connectivity index (χ1n) is 14.5. The third-order valence-corrected chi connectivity index (χ3v) is 9.81. The van der Waals surface area contributed by atoms with E-state index in [1.807, 2.05) is 35.8 Å². The van der Waals surface area contributed by atoms with E-state index in [0.29, 0.717) is 62.5 Å². The maximum atomic E-state index is 14.2. The molecule has 1 N–H and O–H groups in total. The van der Waals surface area contributed by atoms with Crippen molar-refractivity contribution in [3.05, 3.63) is 28.3 Å². The number of aliphatic carboxylic acids is 1. The van der Waals surface area contributed by atoms with E-state index in [4.69, 9.17) is 21.2 Å². The zero-order valence-corrected chi connectivity index (χ0v) is 24.0. The number of oxime groups is 1. The van der Waals surface area contributed by atoms with Crippen molar-refractivity contribution < 1.29 is 29.1 Å². The van der Waals surface area contributed by atoms with Crippen LogP contribution in [-0.4, -0.2) is 70.2 Å². The minimum absolute atomic E-state index is 0.0856. The number of carbonyl (C=O) groups is 3. The average molecular weight is 572 g/mol. The Balaban J connectivity index is 1.34. The summed E-state index contributed by atoms with van der Waals surface area (Å²) in [6, 6.07) is 3.18. The van der Waals surface area contributed by atoms with Crippen LogP contribution < -0.4 is 4.74 Å². The lowest BCUT2D eigenvalue weighted by atomic mass is 9.77. The number of carboxylic acid groups (broad SMARTS) is 1. The molecule has 0 radical (unpaired) electrons. The highest BCUT2D eigenvalue weighted by Crippen LogP contribution is 2.54. The molecule has 0 aromatic heterocycles. The fourth-order valence-electron chi connectivity index (χ4n) is 7.15. The van der Waals surface area contributed by atoms with E-state index in [0.717, 1.165) is 42.5 Å². The first-order chi connectivity index (χ1) is 19.1. The van der Waals surface area contributed by atoms with Gasteiger partial charge in [-0.15, -0.1) is 0 Å². The Morgan fingerprint density at radius 1 is 1.18 bits per heavy atom. The Bertz CT molecular complexity index is 1260. The van der Waals surface area contributed by atoms with Crippen molar-refractivity contribution in [2.24, 2.45) is 22.4 Å². The van der Waals surface area contributed by atoms with E-state index in [2.05, 4.69) is 5.16 Å². The fraction of sp³-hybridized carbons (Fsp3) is 0.667. The molecule has 10 heteroatoms. The topological polar surface area (TPSA) is 109 Å². The van der Waals surface area contributed by atoms with Crippen LogP contribution in [0.25, 0.3) is 0 Å². The predicted octanol–water partition coefficient (Wildman–Crippen LogP) is 4.60. The molecule has 1 aromatic carbocycles. The summed E-state index contributed by atoms with van der Waals surface area (Å²) >= 11 is 6.72. The molecule has 3 aliphatic heterocycles. The van der Waals surface area contributed by atoms with Gasteiger partial charge in [0.05, 0.1) is 23.6 Å². The van der Waals surface area contributed by atoms with Gasteiger partial charge in [-0.2, -0.15) is 0 Å². The fourth-order valence-corrected chi connectivity index (χ4v) is 7.40. The van der Waals surface area contributed by atoms with Gasteiger partial charge in [0.25, 0.3) is 0 Å². The van der Waals surface area contributed by atoms with Gasteiger partial charge in [0.2, 0.25) is 11.8 Å². The number of fused-ring (bicyclic) bond motifs is 1. The number of halogens is 1. The minimum Gasteiger partial charge on any atom is -0.487 e. The Morgan fingerprint density at radius 2 is 1.93 bits per heavy atom. The molecular formula is C30H38ClN3O6. The highest BCUT2D eigenvalue weighted by molar-refractivity contribution is 6.31. The molecule has 216 valence electrons. The predicted molar refractivity (Wildman–Crippen MR) is 148 cm³/mol. The van der Waals surface area contributed by atoms with E-state index in [-0.39, 0.29) is 29.4 Å². The summed E-state index contributed by atoms with van der Waals surface area (Å²) in [6.45, 7) is 5.65. The number of hydrogen-bond donors (Lipinski definition) is 1. The van der Waals surface area contributed by atoms with Gasteiger partial charge in [-0.1, -0.05) is 29.6 Å². The van der Waals surface area contributed by atoms with Crippen LogP contribution in [0.15, 0.2) is 17.3 Å². The SMILES string of the molecule is CC1(C)CC(COc2ccc(Cl)c3c2C(CN2CC4(CC4)CC2=O)N(C(=O)C2CCCCC2C(=O)O)CC3)=NO1. The van der Waals surface area contributed by atoms with E-state index < -0.39 is 23.8 Å². The molecule has 3 unspecified atom stereocenters. The van der Waals surface area contributed by atoms with Gasteiger partial charge < -0.3 is 24.5 Å². The highest BCUT2D eigenvalue weighted by atomic mass is 35.5. The van der Waals surface area contributed by atoms with Crippen molar-refractivity contribution in [3.8, 4) is 5.75 Å². The summed E-state index contributed by atoms with van der Waals surface area (Å²) in [5.41, 5.74) is 2.25. The number of amides is 2. The quantitative estimate of drug-likeness (QED) is 0.512. The Morgan fingerprint density at radius 3 is 2.58 bits per heavy atom. The van der Waals surface area contributed by atoms with Crippen LogP contribution >= 0.6 is 11.6 Å². The number of likely N-dealkylation sites (tertiary alicyclic amines) is 1. The molecule has 3 heterocycles. The lowest BCUT2D eigenvalue weighted by Gasteiger charge is -2.43. The molecule has 5 aliphatic rings. The number of benzene rings is 1. The normalized spacial score (nSPS) is 28.2. The van der Waals surface area contributed by atoms with Crippen LogP contribution in [0.1, 0.15) is 82.4 Å². The molecule has 1 saturated heterocycles. The number of hydrogen-bond acceptors (Lipinski definition) is 6. The lowest BCUT2D eigenvalue weighted by Crippen LogP contribution is -2.50. The Labute approximate surface area is 239 Å². The third-order valence-electron chi connectivity index (χ3n) is 9.46. The van der Waals surface area contributed by atoms with Gasteiger partial charge in [0.15, 0.2) is 0 Å². The molecule has 0 bridgehead atoms. The van der Waals surface area contributed by atoms with Gasteiger partial charge in [0, 0.05) is 43.1 Å². The van der Waals surface area contributed by atoms with Crippen molar-refractivity contribution in [2.75, 3.05) is 26.2 Å². The second kappa shape index (κ2) is 10.2. The number of nitrogens with zero attached hydrogens (tertiary/aromatic N) is 3. The van der Waals surface area contributed by atoms with Crippen molar-refractivity contribution in [1.82, 2.24) is 9.80 Å². The monoisotopic (exact) mass is 571 g/mol. The Hall–Kier alpha value is -2.81. The molecule has 9 nitrogen and oxygen atoms in total.